The van der Waals surface area contributed by atoms with Gasteiger partial charge in [0.05, 0.1) is 18.8 Å². The first kappa shape index (κ1) is 20.7. The van der Waals surface area contributed by atoms with Gasteiger partial charge in [0.25, 0.3) is 0 Å². The van der Waals surface area contributed by atoms with Crippen LogP contribution in [0.3, 0.4) is 0 Å². The molecule has 4 rings (SSSR count). The fourth-order valence-electron chi connectivity index (χ4n) is 3.54. The van der Waals surface area contributed by atoms with E-state index >= 15 is 0 Å². The Kier molecular flexibility index (Phi) is 6.52. The molecular formula is C23H25FN4OS. The minimum absolute atomic E-state index is 0.0293. The quantitative estimate of drug-likeness (QED) is 0.650. The zero-order chi connectivity index (χ0) is 20.9. The van der Waals surface area contributed by atoms with Gasteiger partial charge in [0.1, 0.15) is 10.8 Å². The Morgan fingerprint density at radius 2 is 1.77 bits per heavy atom. The van der Waals surface area contributed by atoms with E-state index in [1.54, 1.807) is 23.5 Å². The molecule has 1 aliphatic rings. The van der Waals surface area contributed by atoms with Gasteiger partial charge in [0.2, 0.25) is 5.91 Å². The highest BCUT2D eigenvalue weighted by Gasteiger charge is 2.20. The maximum atomic E-state index is 13.1. The molecule has 0 atom stereocenters. The lowest BCUT2D eigenvalue weighted by molar-refractivity contribution is -0.117. The number of amides is 1. The van der Waals surface area contributed by atoms with Crippen molar-refractivity contribution < 1.29 is 9.18 Å². The average molecular weight is 425 g/mol. The first-order valence-corrected chi connectivity index (χ1v) is 11.0. The van der Waals surface area contributed by atoms with E-state index in [2.05, 4.69) is 15.1 Å². The van der Waals surface area contributed by atoms with E-state index in [-0.39, 0.29) is 11.7 Å². The van der Waals surface area contributed by atoms with E-state index in [1.807, 2.05) is 36.6 Å². The Bertz CT molecular complexity index is 996. The highest BCUT2D eigenvalue weighted by atomic mass is 32.1. The van der Waals surface area contributed by atoms with Gasteiger partial charge in [0, 0.05) is 42.8 Å². The van der Waals surface area contributed by atoms with Crippen molar-refractivity contribution in [3.05, 3.63) is 70.3 Å². The molecule has 3 aromatic rings. The normalized spacial score (nSPS) is 15.3. The van der Waals surface area contributed by atoms with Gasteiger partial charge in [0.15, 0.2) is 0 Å². The minimum Gasteiger partial charge on any atom is -0.325 e. The van der Waals surface area contributed by atoms with Gasteiger partial charge in [-0.2, -0.15) is 0 Å². The molecule has 5 nitrogen and oxygen atoms in total. The number of carbonyl (C=O) groups excluding carboxylic acids is 1. The lowest BCUT2D eigenvalue weighted by Gasteiger charge is -2.33. The molecule has 0 unspecified atom stereocenters. The van der Waals surface area contributed by atoms with Crippen LogP contribution in [0.4, 0.5) is 10.1 Å². The van der Waals surface area contributed by atoms with Crippen LogP contribution >= 0.6 is 11.3 Å². The first-order valence-electron chi connectivity index (χ1n) is 10.1. The Hall–Kier alpha value is -2.61. The summed E-state index contributed by atoms with van der Waals surface area (Å²) in [5, 5.41) is 6.08. The zero-order valence-electron chi connectivity index (χ0n) is 17.0. The SMILES string of the molecule is Cc1ccccc1NC(=O)CN1CCN(Cc2nc(-c3ccc(F)cc3)cs2)CC1. The van der Waals surface area contributed by atoms with Gasteiger partial charge >= 0.3 is 0 Å². The predicted molar refractivity (Wildman–Crippen MR) is 119 cm³/mol. The Balaban J connectivity index is 1.24. The number of thiazole rings is 1. The summed E-state index contributed by atoms with van der Waals surface area (Å²) in [5.41, 5.74) is 3.77. The molecule has 156 valence electrons. The van der Waals surface area contributed by atoms with Crippen LogP contribution in [0.1, 0.15) is 10.6 Å². The maximum Gasteiger partial charge on any atom is 0.238 e. The number of carbonyl (C=O) groups is 1. The molecule has 30 heavy (non-hydrogen) atoms. The summed E-state index contributed by atoms with van der Waals surface area (Å²) in [6.07, 6.45) is 0. The number of halogens is 1. The molecule has 0 bridgehead atoms. The molecule has 0 saturated carbocycles. The number of hydrogen-bond donors (Lipinski definition) is 1. The van der Waals surface area contributed by atoms with Gasteiger partial charge in [-0.3, -0.25) is 14.6 Å². The molecule has 1 saturated heterocycles. The zero-order valence-corrected chi connectivity index (χ0v) is 17.8. The largest absolute Gasteiger partial charge is 0.325 e. The van der Waals surface area contributed by atoms with E-state index in [0.717, 1.165) is 60.2 Å². The van der Waals surface area contributed by atoms with Crippen molar-refractivity contribution in [2.75, 3.05) is 38.0 Å². The van der Waals surface area contributed by atoms with Crippen molar-refractivity contribution in [1.82, 2.24) is 14.8 Å². The number of aryl methyl sites for hydroxylation is 1. The van der Waals surface area contributed by atoms with E-state index in [1.165, 1.54) is 12.1 Å². The van der Waals surface area contributed by atoms with Crippen LogP contribution in [0.25, 0.3) is 11.3 Å². The van der Waals surface area contributed by atoms with E-state index in [4.69, 9.17) is 4.98 Å². The molecule has 2 aromatic carbocycles. The van der Waals surface area contributed by atoms with E-state index < -0.39 is 0 Å². The predicted octanol–water partition coefficient (Wildman–Crippen LogP) is 4.01. The number of nitrogens with zero attached hydrogens (tertiary/aromatic N) is 3. The van der Waals surface area contributed by atoms with Gasteiger partial charge in [-0.25, -0.2) is 9.37 Å². The molecule has 1 fully saturated rings. The molecule has 0 radical (unpaired) electrons. The van der Waals surface area contributed by atoms with Crippen molar-refractivity contribution in [3.8, 4) is 11.3 Å². The van der Waals surface area contributed by atoms with Crippen LogP contribution in [-0.2, 0) is 11.3 Å². The van der Waals surface area contributed by atoms with Crippen molar-refractivity contribution in [2.45, 2.75) is 13.5 Å². The number of benzene rings is 2. The van der Waals surface area contributed by atoms with Crippen molar-refractivity contribution in [2.24, 2.45) is 0 Å². The maximum absolute atomic E-state index is 13.1. The number of anilines is 1. The van der Waals surface area contributed by atoms with Crippen LogP contribution in [0.5, 0.6) is 0 Å². The van der Waals surface area contributed by atoms with Crippen LogP contribution in [0, 0.1) is 12.7 Å². The van der Waals surface area contributed by atoms with Gasteiger partial charge in [-0.1, -0.05) is 18.2 Å². The average Bonchev–Trinajstić information content (AvgIpc) is 3.20. The third kappa shape index (κ3) is 5.30. The molecular weight excluding hydrogens is 399 g/mol. The molecule has 1 aromatic heterocycles. The van der Waals surface area contributed by atoms with Crippen LogP contribution in [0.15, 0.2) is 53.9 Å². The molecule has 0 aliphatic carbocycles. The van der Waals surface area contributed by atoms with Gasteiger partial charge < -0.3 is 5.32 Å². The molecule has 1 amide bonds. The second kappa shape index (κ2) is 9.47. The van der Waals surface area contributed by atoms with E-state index in [0.29, 0.717) is 6.54 Å². The fraction of sp³-hybridized carbons (Fsp3) is 0.304. The summed E-state index contributed by atoms with van der Waals surface area (Å²) in [6.45, 7) is 6.73. The Morgan fingerprint density at radius 3 is 2.50 bits per heavy atom. The summed E-state index contributed by atoms with van der Waals surface area (Å²) in [7, 11) is 0. The second-order valence-electron chi connectivity index (χ2n) is 7.55. The summed E-state index contributed by atoms with van der Waals surface area (Å²) in [5.74, 6) is -0.207. The van der Waals surface area contributed by atoms with Crippen LogP contribution in [0.2, 0.25) is 0 Å². The third-order valence-electron chi connectivity index (χ3n) is 5.30. The molecule has 2 heterocycles. The standard InChI is InChI=1S/C23H25FN4OS/c1-17-4-2-3-5-20(17)25-22(29)14-27-10-12-28(13-11-27)15-23-26-21(16-30-23)18-6-8-19(24)9-7-18/h2-9,16H,10-15H2,1H3,(H,25,29). The lowest BCUT2D eigenvalue weighted by Crippen LogP contribution is -2.48. The summed E-state index contributed by atoms with van der Waals surface area (Å²) in [6, 6.07) is 14.3. The second-order valence-corrected chi connectivity index (χ2v) is 8.49. The monoisotopic (exact) mass is 424 g/mol. The summed E-state index contributed by atoms with van der Waals surface area (Å²) < 4.78 is 13.1. The Labute approximate surface area is 180 Å². The van der Waals surface area contributed by atoms with Crippen molar-refractivity contribution in [1.29, 1.82) is 0 Å². The van der Waals surface area contributed by atoms with Crippen LogP contribution in [-0.4, -0.2) is 53.4 Å². The topological polar surface area (TPSA) is 48.5 Å². The lowest BCUT2D eigenvalue weighted by atomic mass is 10.2. The number of nitrogens with one attached hydrogen (secondary N) is 1. The smallest absolute Gasteiger partial charge is 0.238 e. The number of rotatable bonds is 6. The van der Waals surface area contributed by atoms with E-state index in [9.17, 15) is 9.18 Å². The van der Waals surface area contributed by atoms with Gasteiger partial charge in [-0.15, -0.1) is 11.3 Å². The highest BCUT2D eigenvalue weighted by Crippen LogP contribution is 2.23. The van der Waals surface area contributed by atoms with Crippen molar-refractivity contribution >= 4 is 22.9 Å². The van der Waals surface area contributed by atoms with Crippen molar-refractivity contribution in [3.63, 3.8) is 0 Å². The molecule has 1 N–H and O–H groups in total. The summed E-state index contributed by atoms with van der Waals surface area (Å²) in [4.78, 5) is 21.6. The fourth-order valence-corrected chi connectivity index (χ4v) is 4.38. The molecule has 1 aliphatic heterocycles. The van der Waals surface area contributed by atoms with Gasteiger partial charge in [-0.05, 0) is 42.8 Å². The number of aromatic nitrogens is 1. The third-order valence-corrected chi connectivity index (χ3v) is 6.14. The number of hydrogen-bond acceptors (Lipinski definition) is 5. The minimum atomic E-state index is -0.236. The highest BCUT2D eigenvalue weighted by molar-refractivity contribution is 7.09. The molecule has 0 spiro atoms. The Morgan fingerprint density at radius 1 is 1.07 bits per heavy atom. The number of piperazine rings is 1. The first-order chi connectivity index (χ1) is 14.6. The number of para-hydroxylation sites is 1. The summed E-state index contributed by atoms with van der Waals surface area (Å²) >= 11 is 1.63. The molecule has 7 heteroatoms. The van der Waals surface area contributed by atoms with Crippen LogP contribution < -0.4 is 5.32 Å².